The molecule has 9 heteroatoms. The van der Waals surface area contributed by atoms with Crippen molar-refractivity contribution < 1.29 is 4.79 Å². The van der Waals surface area contributed by atoms with E-state index < -0.39 is 0 Å². The fourth-order valence-electron chi connectivity index (χ4n) is 3.30. The van der Waals surface area contributed by atoms with Gasteiger partial charge in [0.25, 0.3) is 0 Å². The molecular weight excluding hydrogens is 362 g/mol. The van der Waals surface area contributed by atoms with Gasteiger partial charge < -0.3 is 5.73 Å². The molecule has 4 rings (SSSR count). The number of fused-ring (bicyclic) bond motifs is 5. The van der Waals surface area contributed by atoms with Gasteiger partial charge in [-0.05, 0) is 37.0 Å². The zero-order valence-electron chi connectivity index (χ0n) is 13.4. The maximum absolute atomic E-state index is 11.1. The van der Waals surface area contributed by atoms with Crippen molar-refractivity contribution in [1.82, 2.24) is 19.6 Å². The minimum Gasteiger partial charge on any atom is -0.369 e. The zero-order chi connectivity index (χ0) is 16.8. The van der Waals surface area contributed by atoms with Crippen molar-refractivity contribution in [3.8, 4) is 0 Å². The summed E-state index contributed by atoms with van der Waals surface area (Å²) in [7, 11) is 0. The van der Waals surface area contributed by atoms with E-state index in [2.05, 4.69) is 17.1 Å². The minimum absolute atomic E-state index is 0.185. The lowest BCUT2D eigenvalue weighted by Crippen LogP contribution is -2.13. The fraction of sp³-hybridized carbons (Fsp3) is 0.467. The van der Waals surface area contributed by atoms with E-state index in [-0.39, 0.29) is 11.7 Å². The molecule has 24 heavy (non-hydrogen) atoms. The molecule has 0 bridgehead atoms. The predicted octanol–water partition coefficient (Wildman–Crippen LogP) is 3.08. The Labute approximate surface area is 151 Å². The lowest BCUT2D eigenvalue weighted by molar-refractivity contribution is -0.115. The van der Waals surface area contributed by atoms with Gasteiger partial charge in [0.15, 0.2) is 16.0 Å². The Bertz CT molecular complexity index is 948. The molecular formula is C15H17N5OS3. The number of aromatic nitrogens is 4. The molecule has 0 fully saturated rings. The minimum atomic E-state index is -0.363. The molecule has 1 unspecified atom stereocenters. The first kappa shape index (κ1) is 16.2. The number of carbonyl (C=O) groups excluding carboxylic acids is 1. The van der Waals surface area contributed by atoms with E-state index in [0.717, 1.165) is 27.4 Å². The normalized spacial score (nSPS) is 17.5. The van der Waals surface area contributed by atoms with E-state index in [1.54, 1.807) is 23.1 Å². The molecule has 1 amide bonds. The van der Waals surface area contributed by atoms with Crippen LogP contribution in [0.3, 0.4) is 0 Å². The summed E-state index contributed by atoms with van der Waals surface area (Å²) in [5, 5.41) is 11.4. The molecule has 0 spiro atoms. The number of hydrogen-bond donors (Lipinski definition) is 1. The topological polar surface area (TPSA) is 86.2 Å². The monoisotopic (exact) mass is 379 g/mol. The van der Waals surface area contributed by atoms with E-state index >= 15 is 0 Å². The summed E-state index contributed by atoms with van der Waals surface area (Å²) >= 11 is 4.66. The van der Waals surface area contributed by atoms with Crippen molar-refractivity contribution in [1.29, 1.82) is 0 Å². The molecule has 2 N–H and O–H groups in total. The number of hydrogen-bond acceptors (Lipinski definition) is 7. The van der Waals surface area contributed by atoms with E-state index in [0.29, 0.717) is 11.1 Å². The van der Waals surface area contributed by atoms with Gasteiger partial charge in [-0.25, -0.2) is 9.38 Å². The highest BCUT2D eigenvalue weighted by molar-refractivity contribution is 8.00. The molecule has 0 saturated heterocycles. The van der Waals surface area contributed by atoms with Gasteiger partial charge in [0.05, 0.1) is 11.1 Å². The molecule has 0 radical (unpaired) electrons. The van der Waals surface area contributed by atoms with Crippen molar-refractivity contribution in [2.45, 2.75) is 42.4 Å². The molecule has 3 heterocycles. The molecule has 6 nitrogen and oxygen atoms in total. The molecule has 1 atom stereocenters. The summed E-state index contributed by atoms with van der Waals surface area (Å²) in [6, 6.07) is 0. The van der Waals surface area contributed by atoms with Gasteiger partial charge in [0.2, 0.25) is 5.91 Å². The maximum Gasteiger partial charge on any atom is 0.227 e. The Morgan fingerprint density at radius 3 is 3.00 bits per heavy atom. The third-order valence-corrected chi connectivity index (χ3v) is 7.06. The highest BCUT2D eigenvalue weighted by Gasteiger charge is 2.27. The molecule has 3 aromatic rings. The van der Waals surface area contributed by atoms with E-state index in [1.807, 2.05) is 10.7 Å². The number of thiophene rings is 1. The molecule has 1 aliphatic rings. The summed E-state index contributed by atoms with van der Waals surface area (Å²) < 4.78 is 1.97. The van der Waals surface area contributed by atoms with Crippen molar-refractivity contribution in [3.05, 3.63) is 10.4 Å². The molecule has 3 aromatic heterocycles. The van der Waals surface area contributed by atoms with E-state index in [1.165, 1.54) is 35.0 Å². The van der Waals surface area contributed by atoms with Gasteiger partial charge in [-0.15, -0.1) is 21.5 Å². The number of aryl methyl sites for hydroxylation is 1. The Morgan fingerprint density at radius 2 is 2.25 bits per heavy atom. The van der Waals surface area contributed by atoms with Gasteiger partial charge >= 0.3 is 0 Å². The van der Waals surface area contributed by atoms with Gasteiger partial charge in [-0.3, -0.25) is 4.79 Å². The number of carbonyl (C=O) groups is 1. The first-order valence-electron chi connectivity index (χ1n) is 7.75. The highest BCUT2D eigenvalue weighted by Crippen LogP contribution is 2.43. The second-order valence-corrected chi connectivity index (χ2v) is 8.71. The molecule has 0 aromatic carbocycles. The number of primary amides is 1. The van der Waals surface area contributed by atoms with Crippen molar-refractivity contribution in [3.63, 3.8) is 0 Å². The van der Waals surface area contributed by atoms with Gasteiger partial charge in [-0.2, -0.15) is 0 Å². The Kier molecular flexibility index (Phi) is 4.17. The van der Waals surface area contributed by atoms with E-state index in [9.17, 15) is 4.79 Å². The number of amides is 1. The predicted molar refractivity (Wildman–Crippen MR) is 99.2 cm³/mol. The average molecular weight is 380 g/mol. The van der Waals surface area contributed by atoms with Crippen LogP contribution in [0.4, 0.5) is 0 Å². The summed E-state index contributed by atoms with van der Waals surface area (Å²) in [5.41, 5.74) is 7.51. The lowest BCUT2D eigenvalue weighted by atomic mass is 9.87. The van der Waals surface area contributed by atoms with Crippen LogP contribution in [0, 0.1) is 0 Å². The van der Waals surface area contributed by atoms with Gasteiger partial charge in [0, 0.05) is 4.88 Å². The van der Waals surface area contributed by atoms with Crippen LogP contribution in [0.1, 0.15) is 36.1 Å². The van der Waals surface area contributed by atoms with Crippen LogP contribution >= 0.6 is 34.9 Å². The summed E-state index contributed by atoms with van der Waals surface area (Å²) in [5.74, 6) is 0.342. The highest BCUT2D eigenvalue weighted by atomic mass is 32.2. The van der Waals surface area contributed by atoms with Gasteiger partial charge in [-0.1, -0.05) is 30.4 Å². The zero-order valence-corrected chi connectivity index (χ0v) is 15.9. The number of rotatable bonds is 4. The largest absolute Gasteiger partial charge is 0.369 e. The maximum atomic E-state index is 11.1. The molecule has 0 aliphatic heterocycles. The van der Waals surface area contributed by atoms with Crippen LogP contribution in [-0.4, -0.2) is 37.5 Å². The summed E-state index contributed by atoms with van der Waals surface area (Å²) in [6.07, 6.45) is 5.55. The fourth-order valence-corrected chi connectivity index (χ4v) is 5.95. The van der Waals surface area contributed by atoms with Gasteiger partial charge in [0.1, 0.15) is 4.83 Å². The van der Waals surface area contributed by atoms with Crippen LogP contribution in [0.5, 0.6) is 0 Å². The number of nitrogens with zero attached hydrogens (tertiary/aromatic N) is 4. The van der Waals surface area contributed by atoms with Crippen molar-refractivity contribution in [2.75, 3.05) is 12.0 Å². The number of thioether (sulfide) groups is 2. The average Bonchev–Trinajstić information content (AvgIpc) is 3.13. The second kappa shape index (κ2) is 6.20. The Balaban J connectivity index is 1.99. The Hall–Kier alpha value is -1.32. The second-order valence-electron chi connectivity index (χ2n) is 5.91. The molecule has 126 valence electrons. The van der Waals surface area contributed by atoms with Crippen LogP contribution in [0.2, 0.25) is 0 Å². The summed E-state index contributed by atoms with van der Waals surface area (Å²) in [4.78, 5) is 18.5. The first-order chi connectivity index (χ1) is 11.6. The van der Waals surface area contributed by atoms with Crippen LogP contribution < -0.4 is 5.73 Å². The lowest BCUT2D eigenvalue weighted by Gasteiger charge is -2.18. The van der Waals surface area contributed by atoms with Crippen molar-refractivity contribution in [2.24, 2.45) is 5.73 Å². The summed E-state index contributed by atoms with van der Waals surface area (Å²) in [6.45, 7) is 2.28. The van der Waals surface area contributed by atoms with Crippen LogP contribution in [0.25, 0.3) is 15.9 Å². The van der Waals surface area contributed by atoms with Crippen LogP contribution in [0.15, 0.2) is 10.3 Å². The van der Waals surface area contributed by atoms with Crippen LogP contribution in [-0.2, 0) is 11.2 Å². The SMILES string of the molecule is CSc1nc2sc3c(c2c2nnc(SCC(N)=O)n12)C(C)CCC3. The Morgan fingerprint density at radius 1 is 1.42 bits per heavy atom. The number of nitrogens with two attached hydrogens (primary N) is 1. The first-order valence-corrected chi connectivity index (χ1v) is 10.8. The third kappa shape index (κ3) is 2.49. The quantitative estimate of drug-likeness (QED) is 0.554. The smallest absolute Gasteiger partial charge is 0.227 e. The van der Waals surface area contributed by atoms with Crippen molar-refractivity contribution >= 4 is 56.6 Å². The van der Waals surface area contributed by atoms with E-state index in [4.69, 9.17) is 10.7 Å². The molecule has 0 saturated carbocycles. The molecule has 1 aliphatic carbocycles. The third-order valence-electron chi connectivity index (χ3n) is 4.31. The standard InChI is InChI=1S/C15H17N5OS3/c1-7-4-3-5-8-10(7)11-12-18-19-15(23-6-9(16)21)20(12)14(22-2)17-13(11)24-8/h7H,3-6H2,1-2H3,(H2,16,21).